The number of rotatable bonds is 3. The molecular weight excluding hydrogens is 200 g/mol. The second-order valence-electron chi connectivity index (χ2n) is 4.03. The molecule has 1 aliphatic heterocycles. The highest BCUT2D eigenvalue weighted by molar-refractivity contribution is 5.85. The SMILES string of the molecule is N#CCC(=O)CN1CCCc2ccccc21. The fraction of sp³-hybridized carbons (Fsp3) is 0.385. The van der Waals surface area contributed by atoms with E-state index in [2.05, 4.69) is 11.0 Å². The van der Waals surface area contributed by atoms with Gasteiger partial charge in [0.15, 0.2) is 5.78 Å². The van der Waals surface area contributed by atoms with Gasteiger partial charge in [0, 0.05) is 12.2 Å². The Bertz CT molecular complexity index is 434. The Morgan fingerprint density at radius 3 is 3.06 bits per heavy atom. The Morgan fingerprint density at radius 2 is 2.25 bits per heavy atom. The monoisotopic (exact) mass is 214 g/mol. The van der Waals surface area contributed by atoms with Crippen LogP contribution in [0.1, 0.15) is 18.4 Å². The normalized spacial score (nSPS) is 14.1. The van der Waals surface area contributed by atoms with Crippen molar-refractivity contribution in [1.29, 1.82) is 5.26 Å². The zero-order valence-electron chi connectivity index (χ0n) is 9.15. The first kappa shape index (κ1) is 10.7. The van der Waals surface area contributed by atoms with Crippen LogP contribution in [0.3, 0.4) is 0 Å². The molecule has 0 radical (unpaired) electrons. The van der Waals surface area contributed by atoms with E-state index >= 15 is 0 Å². The Balaban J connectivity index is 2.13. The van der Waals surface area contributed by atoms with Gasteiger partial charge in [0.1, 0.15) is 0 Å². The second kappa shape index (κ2) is 4.80. The number of aryl methyl sites for hydroxylation is 1. The maximum absolute atomic E-state index is 11.5. The van der Waals surface area contributed by atoms with Crippen LogP contribution in [0, 0.1) is 11.3 Å². The van der Waals surface area contributed by atoms with Crippen molar-refractivity contribution in [2.75, 3.05) is 18.0 Å². The molecule has 3 nitrogen and oxygen atoms in total. The van der Waals surface area contributed by atoms with E-state index in [9.17, 15) is 4.79 Å². The van der Waals surface area contributed by atoms with Gasteiger partial charge in [-0.25, -0.2) is 0 Å². The van der Waals surface area contributed by atoms with Crippen molar-refractivity contribution >= 4 is 11.5 Å². The number of benzene rings is 1. The molecule has 0 fully saturated rings. The van der Waals surface area contributed by atoms with Crippen LogP contribution in [-0.4, -0.2) is 18.9 Å². The predicted octanol–water partition coefficient (Wildman–Crippen LogP) is 1.92. The maximum atomic E-state index is 11.5. The minimum absolute atomic E-state index is 0.000738. The summed E-state index contributed by atoms with van der Waals surface area (Å²) in [6, 6.07) is 10.1. The zero-order valence-corrected chi connectivity index (χ0v) is 9.15. The molecule has 1 heterocycles. The van der Waals surface area contributed by atoms with E-state index in [4.69, 9.17) is 5.26 Å². The van der Waals surface area contributed by atoms with E-state index in [0.29, 0.717) is 6.54 Å². The molecule has 0 bridgehead atoms. The first-order valence-electron chi connectivity index (χ1n) is 5.53. The van der Waals surface area contributed by atoms with Gasteiger partial charge in [-0.1, -0.05) is 18.2 Å². The van der Waals surface area contributed by atoms with Crippen LogP contribution in [0.2, 0.25) is 0 Å². The molecule has 2 rings (SSSR count). The summed E-state index contributed by atoms with van der Waals surface area (Å²) in [6.45, 7) is 1.28. The second-order valence-corrected chi connectivity index (χ2v) is 4.03. The summed E-state index contributed by atoms with van der Waals surface area (Å²) in [5, 5.41) is 8.47. The Labute approximate surface area is 95.3 Å². The summed E-state index contributed by atoms with van der Waals surface area (Å²) in [6.07, 6.45) is 2.18. The molecule has 82 valence electrons. The van der Waals surface area contributed by atoms with E-state index in [1.54, 1.807) is 0 Å². The molecule has 1 aromatic rings. The quantitative estimate of drug-likeness (QED) is 0.772. The average Bonchev–Trinajstić information content (AvgIpc) is 2.30. The zero-order chi connectivity index (χ0) is 11.4. The molecule has 0 N–H and O–H groups in total. The van der Waals surface area contributed by atoms with Crippen LogP contribution in [-0.2, 0) is 11.2 Å². The predicted molar refractivity (Wildman–Crippen MR) is 62.2 cm³/mol. The number of carbonyl (C=O) groups is 1. The minimum atomic E-state index is -0.000738. The molecule has 3 heteroatoms. The molecule has 0 aromatic heterocycles. The molecule has 0 spiro atoms. The first-order valence-corrected chi connectivity index (χ1v) is 5.53. The summed E-state index contributed by atoms with van der Waals surface area (Å²) >= 11 is 0. The number of para-hydroxylation sites is 1. The molecular formula is C13H14N2O. The van der Waals surface area contributed by atoms with Crippen LogP contribution in [0.15, 0.2) is 24.3 Å². The van der Waals surface area contributed by atoms with Gasteiger partial charge >= 0.3 is 0 Å². The number of nitriles is 1. The summed E-state index contributed by atoms with van der Waals surface area (Å²) in [4.78, 5) is 13.5. The number of ketones is 1. The number of fused-ring (bicyclic) bond motifs is 1. The van der Waals surface area contributed by atoms with Gasteiger partial charge in [0.2, 0.25) is 0 Å². The number of anilines is 1. The van der Waals surface area contributed by atoms with Crippen molar-refractivity contribution in [1.82, 2.24) is 0 Å². The van der Waals surface area contributed by atoms with Crippen LogP contribution >= 0.6 is 0 Å². The molecule has 1 aromatic carbocycles. The molecule has 0 atom stereocenters. The van der Waals surface area contributed by atoms with Crippen molar-refractivity contribution in [3.63, 3.8) is 0 Å². The number of carbonyl (C=O) groups excluding carboxylic acids is 1. The smallest absolute Gasteiger partial charge is 0.166 e. The lowest BCUT2D eigenvalue weighted by molar-refractivity contribution is -0.116. The maximum Gasteiger partial charge on any atom is 0.166 e. The van der Waals surface area contributed by atoms with Crippen LogP contribution in [0.5, 0.6) is 0 Å². The summed E-state index contributed by atoms with van der Waals surface area (Å²) in [7, 11) is 0. The lowest BCUT2D eigenvalue weighted by atomic mass is 10.0. The number of hydrogen-bond acceptors (Lipinski definition) is 3. The Morgan fingerprint density at radius 1 is 1.44 bits per heavy atom. The highest BCUT2D eigenvalue weighted by Crippen LogP contribution is 2.26. The van der Waals surface area contributed by atoms with Crippen molar-refractivity contribution < 1.29 is 4.79 Å². The van der Waals surface area contributed by atoms with E-state index in [1.807, 2.05) is 24.3 Å². The molecule has 16 heavy (non-hydrogen) atoms. The summed E-state index contributed by atoms with van der Waals surface area (Å²) < 4.78 is 0. The molecule has 1 aliphatic rings. The van der Waals surface area contributed by atoms with Crippen LogP contribution < -0.4 is 4.90 Å². The largest absolute Gasteiger partial charge is 0.364 e. The molecule has 0 unspecified atom stereocenters. The Hall–Kier alpha value is -1.82. The van der Waals surface area contributed by atoms with Gasteiger partial charge in [0.05, 0.1) is 19.0 Å². The summed E-state index contributed by atoms with van der Waals surface area (Å²) in [5.41, 5.74) is 2.46. The first-order chi connectivity index (χ1) is 7.81. The molecule has 0 aliphatic carbocycles. The van der Waals surface area contributed by atoms with Gasteiger partial charge < -0.3 is 4.90 Å². The number of Topliss-reactive ketones (excluding diaryl/α,β-unsaturated/α-hetero) is 1. The van der Waals surface area contributed by atoms with Gasteiger partial charge in [0.25, 0.3) is 0 Å². The van der Waals surface area contributed by atoms with Gasteiger partial charge in [-0.05, 0) is 24.5 Å². The third-order valence-electron chi connectivity index (χ3n) is 2.85. The Kier molecular flexibility index (Phi) is 3.21. The van der Waals surface area contributed by atoms with E-state index in [0.717, 1.165) is 25.1 Å². The summed E-state index contributed by atoms with van der Waals surface area (Å²) in [5.74, 6) is -0.000738. The molecule has 0 saturated heterocycles. The van der Waals surface area contributed by atoms with Crippen LogP contribution in [0.25, 0.3) is 0 Å². The van der Waals surface area contributed by atoms with Crippen LogP contribution in [0.4, 0.5) is 5.69 Å². The van der Waals surface area contributed by atoms with Gasteiger partial charge in [-0.15, -0.1) is 0 Å². The number of hydrogen-bond donors (Lipinski definition) is 0. The van der Waals surface area contributed by atoms with Gasteiger partial charge in [-0.2, -0.15) is 5.26 Å². The lowest BCUT2D eigenvalue weighted by Gasteiger charge is -2.30. The fourth-order valence-electron chi connectivity index (χ4n) is 2.13. The third kappa shape index (κ3) is 2.22. The third-order valence-corrected chi connectivity index (χ3v) is 2.85. The van der Waals surface area contributed by atoms with E-state index in [-0.39, 0.29) is 12.2 Å². The van der Waals surface area contributed by atoms with E-state index in [1.165, 1.54) is 5.56 Å². The topological polar surface area (TPSA) is 44.1 Å². The van der Waals surface area contributed by atoms with Crippen molar-refractivity contribution in [2.45, 2.75) is 19.3 Å². The molecule has 0 saturated carbocycles. The lowest BCUT2D eigenvalue weighted by Crippen LogP contribution is -2.34. The average molecular weight is 214 g/mol. The molecule has 0 amide bonds. The number of nitrogens with zero attached hydrogens (tertiary/aromatic N) is 2. The van der Waals surface area contributed by atoms with Gasteiger partial charge in [-0.3, -0.25) is 4.79 Å². The fourth-order valence-corrected chi connectivity index (χ4v) is 2.13. The van der Waals surface area contributed by atoms with Crippen molar-refractivity contribution in [2.24, 2.45) is 0 Å². The van der Waals surface area contributed by atoms with Crippen molar-refractivity contribution in [3.05, 3.63) is 29.8 Å². The minimum Gasteiger partial charge on any atom is -0.364 e. The highest BCUT2D eigenvalue weighted by atomic mass is 16.1. The van der Waals surface area contributed by atoms with E-state index < -0.39 is 0 Å². The van der Waals surface area contributed by atoms with Crippen molar-refractivity contribution in [3.8, 4) is 6.07 Å². The highest BCUT2D eigenvalue weighted by Gasteiger charge is 2.17. The standard InChI is InChI=1S/C13H14N2O/c14-8-7-12(16)10-15-9-3-5-11-4-1-2-6-13(11)15/h1-2,4,6H,3,5,7,9-10H2.